The summed E-state index contributed by atoms with van der Waals surface area (Å²) in [6.45, 7) is 5.80. The van der Waals surface area contributed by atoms with Crippen LogP contribution in [0.5, 0.6) is 0 Å². The number of amides is 1. The van der Waals surface area contributed by atoms with E-state index in [1.807, 2.05) is 13.8 Å². The zero-order valence-electron chi connectivity index (χ0n) is 11.2. The van der Waals surface area contributed by atoms with Gasteiger partial charge in [-0.3, -0.25) is 9.48 Å². The SMILES string of the molecule is CC(C)C[C@H](C)C(=O)N=S(N)(=O)c1ccn(C)n1. The molecule has 0 aliphatic heterocycles. The molecule has 0 spiro atoms. The first-order valence-electron chi connectivity index (χ1n) is 5.81. The van der Waals surface area contributed by atoms with Crippen molar-refractivity contribution in [3.05, 3.63) is 12.3 Å². The Balaban J connectivity index is 2.94. The molecule has 102 valence electrons. The van der Waals surface area contributed by atoms with Crippen molar-refractivity contribution in [2.75, 3.05) is 0 Å². The lowest BCUT2D eigenvalue weighted by molar-refractivity contribution is -0.121. The average molecular weight is 272 g/mol. The van der Waals surface area contributed by atoms with Gasteiger partial charge in [0.25, 0.3) is 5.91 Å². The number of nitrogens with two attached hydrogens (primary N) is 1. The quantitative estimate of drug-likeness (QED) is 0.896. The van der Waals surface area contributed by atoms with Gasteiger partial charge in [0.15, 0.2) is 14.9 Å². The molecule has 1 heterocycles. The van der Waals surface area contributed by atoms with E-state index in [0.29, 0.717) is 12.3 Å². The van der Waals surface area contributed by atoms with Crippen LogP contribution < -0.4 is 5.14 Å². The van der Waals surface area contributed by atoms with Gasteiger partial charge in [0.1, 0.15) is 0 Å². The fourth-order valence-corrected chi connectivity index (χ4v) is 2.67. The Kier molecular flexibility index (Phi) is 4.64. The van der Waals surface area contributed by atoms with E-state index in [0.717, 1.165) is 0 Å². The molecule has 0 fully saturated rings. The van der Waals surface area contributed by atoms with Crippen LogP contribution in [-0.2, 0) is 21.8 Å². The summed E-state index contributed by atoms with van der Waals surface area (Å²) in [5.41, 5.74) is 0. The number of rotatable bonds is 4. The second-order valence-corrected chi connectivity index (χ2v) is 6.59. The monoisotopic (exact) mass is 272 g/mol. The molecule has 1 aromatic heterocycles. The number of carbonyl (C=O) groups is 1. The van der Waals surface area contributed by atoms with Crippen LogP contribution in [0.1, 0.15) is 27.2 Å². The maximum Gasteiger partial charge on any atom is 0.257 e. The third kappa shape index (κ3) is 3.92. The lowest BCUT2D eigenvalue weighted by Gasteiger charge is -2.10. The van der Waals surface area contributed by atoms with E-state index < -0.39 is 15.8 Å². The molecular formula is C11H20N4O2S. The standard InChI is InChI=1S/C11H20N4O2S/c1-8(2)7-9(3)11(16)14-18(12,17)10-5-6-15(4)13-10/h5-6,8-9H,7H2,1-4H3,(H2,12,14,16,17)/t9-,18?/m0/s1. The van der Waals surface area contributed by atoms with Gasteiger partial charge < -0.3 is 0 Å². The van der Waals surface area contributed by atoms with Gasteiger partial charge in [-0.05, 0) is 18.4 Å². The topological polar surface area (TPSA) is 90.3 Å². The normalized spacial score (nSPS) is 16.3. The van der Waals surface area contributed by atoms with Crippen LogP contribution in [0, 0.1) is 11.8 Å². The van der Waals surface area contributed by atoms with E-state index in [4.69, 9.17) is 5.14 Å². The molecule has 0 aliphatic carbocycles. The molecule has 0 saturated heterocycles. The van der Waals surface area contributed by atoms with Crippen LogP contribution in [0.4, 0.5) is 0 Å². The Morgan fingerprint density at radius 2 is 2.17 bits per heavy atom. The number of nitrogens with zero attached hydrogens (tertiary/aromatic N) is 3. The van der Waals surface area contributed by atoms with Crippen molar-refractivity contribution in [2.24, 2.45) is 28.4 Å². The highest BCUT2D eigenvalue weighted by molar-refractivity contribution is 7.91. The van der Waals surface area contributed by atoms with E-state index in [2.05, 4.69) is 9.46 Å². The predicted molar refractivity (Wildman–Crippen MR) is 69.9 cm³/mol. The van der Waals surface area contributed by atoms with Gasteiger partial charge in [0.05, 0.1) is 0 Å². The summed E-state index contributed by atoms with van der Waals surface area (Å²) in [7, 11) is -1.54. The van der Waals surface area contributed by atoms with Crippen LogP contribution >= 0.6 is 0 Å². The summed E-state index contributed by atoms with van der Waals surface area (Å²) < 4.78 is 17.2. The van der Waals surface area contributed by atoms with Gasteiger partial charge in [-0.15, -0.1) is 4.36 Å². The van der Waals surface area contributed by atoms with Crippen LogP contribution in [-0.4, -0.2) is 19.9 Å². The van der Waals surface area contributed by atoms with Crippen LogP contribution in [0.25, 0.3) is 0 Å². The summed E-state index contributed by atoms with van der Waals surface area (Å²) in [5.74, 6) is -0.331. The lowest BCUT2D eigenvalue weighted by Crippen LogP contribution is -2.19. The lowest BCUT2D eigenvalue weighted by atomic mass is 9.99. The first kappa shape index (κ1) is 14.8. The Labute approximate surface area is 108 Å². The van der Waals surface area contributed by atoms with Crippen LogP contribution in [0.2, 0.25) is 0 Å². The Morgan fingerprint density at radius 3 is 2.61 bits per heavy atom. The highest BCUT2D eigenvalue weighted by atomic mass is 32.2. The third-order valence-electron chi connectivity index (χ3n) is 2.46. The van der Waals surface area contributed by atoms with Crippen molar-refractivity contribution in [1.29, 1.82) is 0 Å². The van der Waals surface area contributed by atoms with Crippen molar-refractivity contribution < 1.29 is 9.00 Å². The highest BCUT2D eigenvalue weighted by Gasteiger charge is 2.18. The van der Waals surface area contributed by atoms with E-state index in [-0.39, 0.29) is 10.9 Å². The summed E-state index contributed by atoms with van der Waals surface area (Å²) in [6.07, 6.45) is 2.31. The fourth-order valence-electron chi connectivity index (χ4n) is 1.63. The first-order chi connectivity index (χ1) is 8.22. The predicted octanol–water partition coefficient (Wildman–Crippen LogP) is 1.33. The summed E-state index contributed by atoms with van der Waals surface area (Å²) >= 11 is 0. The van der Waals surface area contributed by atoms with Crippen molar-refractivity contribution in [3.63, 3.8) is 0 Å². The average Bonchev–Trinajstić information content (AvgIpc) is 2.63. The molecule has 1 amide bonds. The van der Waals surface area contributed by atoms with E-state index in [1.165, 1.54) is 10.7 Å². The maximum atomic E-state index is 12.1. The molecule has 0 aromatic carbocycles. The molecule has 7 heteroatoms. The number of carbonyl (C=O) groups excluding carboxylic acids is 1. The molecule has 0 radical (unpaired) electrons. The third-order valence-corrected chi connectivity index (χ3v) is 3.73. The Hall–Kier alpha value is -1.21. The summed E-state index contributed by atoms with van der Waals surface area (Å²) in [4.78, 5) is 11.8. The van der Waals surface area contributed by atoms with Gasteiger partial charge in [0.2, 0.25) is 0 Å². The largest absolute Gasteiger partial charge is 0.275 e. The molecule has 6 nitrogen and oxygen atoms in total. The minimum Gasteiger partial charge on any atom is -0.275 e. The van der Waals surface area contributed by atoms with Crippen molar-refractivity contribution in [2.45, 2.75) is 32.2 Å². The van der Waals surface area contributed by atoms with Gasteiger partial charge in [-0.2, -0.15) is 5.10 Å². The number of hydrogen-bond donors (Lipinski definition) is 1. The zero-order valence-corrected chi connectivity index (χ0v) is 12.0. The molecule has 2 N–H and O–H groups in total. The molecule has 1 rings (SSSR count). The fraction of sp³-hybridized carbons (Fsp3) is 0.636. The van der Waals surface area contributed by atoms with Crippen molar-refractivity contribution in [1.82, 2.24) is 9.78 Å². The minimum atomic E-state index is -3.23. The van der Waals surface area contributed by atoms with Gasteiger partial charge in [0, 0.05) is 19.2 Å². The second-order valence-electron chi connectivity index (χ2n) is 4.86. The van der Waals surface area contributed by atoms with E-state index in [1.54, 1.807) is 20.2 Å². The highest BCUT2D eigenvalue weighted by Crippen LogP contribution is 2.14. The molecule has 2 atom stereocenters. The van der Waals surface area contributed by atoms with E-state index in [9.17, 15) is 9.00 Å². The molecule has 0 aliphatic rings. The van der Waals surface area contributed by atoms with Gasteiger partial charge in [-0.1, -0.05) is 20.8 Å². The molecule has 1 unspecified atom stereocenters. The number of aryl methyl sites for hydroxylation is 1. The molecule has 0 saturated carbocycles. The van der Waals surface area contributed by atoms with Crippen molar-refractivity contribution in [3.8, 4) is 0 Å². The van der Waals surface area contributed by atoms with Gasteiger partial charge >= 0.3 is 0 Å². The zero-order chi connectivity index (χ0) is 13.9. The molecular weight excluding hydrogens is 252 g/mol. The molecule has 1 aromatic rings. The summed E-state index contributed by atoms with van der Waals surface area (Å²) in [5, 5.41) is 9.65. The number of aromatic nitrogens is 2. The van der Waals surface area contributed by atoms with Crippen LogP contribution in [0.15, 0.2) is 21.7 Å². The van der Waals surface area contributed by atoms with Crippen molar-refractivity contribution >= 4 is 15.8 Å². The molecule has 18 heavy (non-hydrogen) atoms. The maximum absolute atomic E-state index is 12.1. The summed E-state index contributed by atoms with van der Waals surface area (Å²) in [6, 6.07) is 1.51. The molecule has 0 bridgehead atoms. The van der Waals surface area contributed by atoms with Crippen LogP contribution in [0.3, 0.4) is 0 Å². The van der Waals surface area contributed by atoms with Gasteiger partial charge in [-0.25, -0.2) is 9.35 Å². The first-order valence-corrected chi connectivity index (χ1v) is 7.38. The Morgan fingerprint density at radius 1 is 1.56 bits per heavy atom. The van der Waals surface area contributed by atoms with E-state index >= 15 is 0 Å². The second kappa shape index (κ2) is 5.62. The number of hydrogen-bond acceptors (Lipinski definition) is 3. The minimum absolute atomic E-state index is 0.134. The Bertz CT molecular complexity index is 541. The smallest absolute Gasteiger partial charge is 0.257 e.